The molecule has 0 spiro atoms. The molecule has 0 unspecified atom stereocenters. The molecule has 0 saturated heterocycles. The van der Waals surface area contributed by atoms with Crippen molar-refractivity contribution in [2.75, 3.05) is 11.1 Å². The molecule has 26 heavy (non-hydrogen) atoms. The van der Waals surface area contributed by atoms with Crippen LogP contribution in [0.1, 0.15) is 21.6 Å². The smallest absolute Gasteiger partial charge is 0.259 e. The lowest BCUT2D eigenvalue weighted by atomic mass is 10.1. The number of aromatic nitrogens is 1. The van der Waals surface area contributed by atoms with Gasteiger partial charge in [0.2, 0.25) is 0 Å². The van der Waals surface area contributed by atoms with E-state index in [0.717, 1.165) is 11.3 Å². The van der Waals surface area contributed by atoms with Gasteiger partial charge in [-0.1, -0.05) is 6.07 Å². The van der Waals surface area contributed by atoms with Crippen LogP contribution in [0.5, 0.6) is 11.5 Å². The highest BCUT2D eigenvalue weighted by Gasteiger charge is 2.15. The zero-order chi connectivity index (χ0) is 18.7. The Morgan fingerprint density at radius 1 is 1.08 bits per heavy atom. The number of pyridine rings is 1. The first-order valence-corrected chi connectivity index (χ1v) is 8.01. The highest BCUT2D eigenvalue weighted by atomic mass is 19.1. The van der Waals surface area contributed by atoms with Gasteiger partial charge in [0.05, 0.1) is 5.56 Å². The van der Waals surface area contributed by atoms with Crippen LogP contribution in [0.15, 0.2) is 54.6 Å². The van der Waals surface area contributed by atoms with E-state index in [9.17, 15) is 9.18 Å². The number of nitrogens with zero attached hydrogens (tertiary/aromatic N) is 1. The standard InChI is InChI=1S/C20H18FN3O2/c1-12-10-13(2)23-19(22)18(12)20(25)24-15-6-8-16(9-7-15)26-17-5-3-4-14(21)11-17/h3-11H,1-2H3,(H2,22,23)(H,24,25). The molecule has 1 amide bonds. The third-order valence-corrected chi connectivity index (χ3v) is 3.74. The van der Waals surface area contributed by atoms with E-state index in [1.807, 2.05) is 13.8 Å². The molecule has 0 saturated carbocycles. The number of rotatable bonds is 4. The Morgan fingerprint density at radius 3 is 2.46 bits per heavy atom. The average molecular weight is 351 g/mol. The summed E-state index contributed by atoms with van der Waals surface area (Å²) >= 11 is 0. The zero-order valence-corrected chi connectivity index (χ0v) is 14.4. The molecule has 132 valence electrons. The summed E-state index contributed by atoms with van der Waals surface area (Å²) in [6.07, 6.45) is 0. The van der Waals surface area contributed by atoms with Crippen molar-refractivity contribution < 1.29 is 13.9 Å². The number of nitrogens with two attached hydrogens (primary N) is 1. The van der Waals surface area contributed by atoms with E-state index >= 15 is 0 Å². The number of halogens is 1. The second-order valence-electron chi connectivity index (χ2n) is 5.88. The zero-order valence-electron chi connectivity index (χ0n) is 14.4. The van der Waals surface area contributed by atoms with Crippen molar-refractivity contribution in [3.63, 3.8) is 0 Å². The monoisotopic (exact) mass is 351 g/mol. The first-order valence-electron chi connectivity index (χ1n) is 8.01. The number of aryl methyl sites for hydroxylation is 2. The van der Waals surface area contributed by atoms with E-state index < -0.39 is 0 Å². The fourth-order valence-corrected chi connectivity index (χ4v) is 2.63. The van der Waals surface area contributed by atoms with E-state index in [-0.39, 0.29) is 17.5 Å². The average Bonchev–Trinajstić information content (AvgIpc) is 2.56. The third kappa shape index (κ3) is 3.97. The van der Waals surface area contributed by atoms with Crippen molar-refractivity contribution in [2.45, 2.75) is 13.8 Å². The fourth-order valence-electron chi connectivity index (χ4n) is 2.63. The van der Waals surface area contributed by atoms with Crippen molar-refractivity contribution in [3.8, 4) is 11.5 Å². The predicted molar refractivity (Wildman–Crippen MR) is 99.0 cm³/mol. The number of nitrogens with one attached hydrogen (secondary N) is 1. The summed E-state index contributed by atoms with van der Waals surface area (Å²) in [5.74, 6) is 0.431. The Bertz CT molecular complexity index is 933. The predicted octanol–water partition coefficient (Wildman–Crippen LogP) is 4.46. The van der Waals surface area contributed by atoms with Crippen molar-refractivity contribution in [3.05, 3.63) is 77.2 Å². The van der Waals surface area contributed by atoms with Gasteiger partial charge in [-0.2, -0.15) is 0 Å². The molecule has 1 aromatic heterocycles. The number of carbonyl (C=O) groups is 1. The highest BCUT2D eigenvalue weighted by Crippen LogP contribution is 2.24. The molecular weight excluding hydrogens is 333 g/mol. The number of anilines is 2. The molecule has 0 atom stereocenters. The van der Waals surface area contributed by atoms with E-state index in [2.05, 4.69) is 10.3 Å². The summed E-state index contributed by atoms with van der Waals surface area (Å²) in [6.45, 7) is 3.64. The van der Waals surface area contributed by atoms with Crippen LogP contribution in [0.4, 0.5) is 15.9 Å². The Kier molecular flexibility index (Phi) is 4.84. The van der Waals surface area contributed by atoms with Gasteiger partial charge in [-0.3, -0.25) is 4.79 Å². The van der Waals surface area contributed by atoms with Crippen molar-refractivity contribution in [1.29, 1.82) is 0 Å². The van der Waals surface area contributed by atoms with Crippen LogP contribution in [0, 0.1) is 19.7 Å². The molecule has 3 aromatic rings. The lowest BCUT2D eigenvalue weighted by Gasteiger charge is -2.11. The quantitative estimate of drug-likeness (QED) is 0.727. The molecule has 0 aliphatic heterocycles. The highest BCUT2D eigenvalue weighted by molar-refractivity contribution is 6.08. The molecule has 0 bridgehead atoms. The van der Waals surface area contributed by atoms with Gasteiger partial charge in [0.25, 0.3) is 5.91 Å². The van der Waals surface area contributed by atoms with E-state index in [1.165, 1.54) is 12.1 Å². The number of hydrogen-bond acceptors (Lipinski definition) is 4. The number of amides is 1. The van der Waals surface area contributed by atoms with Gasteiger partial charge in [0.15, 0.2) is 0 Å². The first-order chi connectivity index (χ1) is 12.4. The van der Waals surface area contributed by atoms with E-state index in [0.29, 0.717) is 22.7 Å². The van der Waals surface area contributed by atoms with Gasteiger partial charge in [-0.15, -0.1) is 0 Å². The Morgan fingerprint density at radius 2 is 1.81 bits per heavy atom. The lowest BCUT2D eigenvalue weighted by Crippen LogP contribution is -2.17. The maximum absolute atomic E-state index is 13.2. The Balaban J connectivity index is 1.72. The molecule has 6 heteroatoms. The van der Waals surface area contributed by atoms with Gasteiger partial charge in [-0.25, -0.2) is 9.37 Å². The molecule has 0 aliphatic rings. The molecule has 2 aromatic carbocycles. The van der Waals surface area contributed by atoms with Crippen molar-refractivity contribution in [1.82, 2.24) is 4.98 Å². The molecule has 0 aliphatic carbocycles. The van der Waals surface area contributed by atoms with Crippen LogP contribution >= 0.6 is 0 Å². The van der Waals surface area contributed by atoms with Crippen molar-refractivity contribution >= 4 is 17.4 Å². The van der Waals surface area contributed by atoms with Crippen LogP contribution in [0.3, 0.4) is 0 Å². The Labute approximate surface area is 150 Å². The SMILES string of the molecule is Cc1cc(C)c(C(=O)Nc2ccc(Oc3cccc(F)c3)cc2)c(N)n1. The number of hydrogen-bond donors (Lipinski definition) is 2. The van der Waals surface area contributed by atoms with Crippen LogP contribution in [-0.2, 0) is 0 Å². The first kappa shape index (κ1) is 17.4. The summed E-state index contributed by atoms with van der Waals surface area (Å²) in [4.78, 5) is 16.6. The van der Waals surface area contributed by atoms with Gasteiger partial charge in [0.1, 0.15) is 23.1 Å². The van der Waals surface area contributed by atoms with Crippen LogP contribution in [-0.4, -0.2) is 10.9 Å². The second kappa shape index (κ2) is 7.23. The molecule has 5 nitrogen and oxygen atoms in total. The summed E-state index contributed by atoms with van der Waals surface area (Å²) in [5, 5.41) is 2.79. The van der Waals surface area contributed by atoms with Gasteiger partial charge >= 0.3 is 0 Å². The fraction of sp³-hybridized carbons (Fsp3) is 0.100. The third-order valence-electron chi connectivity index (χ3n) is 3.74. The second-order valence-corrected chi connectivity index (χ2v) is 5.88. The van der Waals surface area contributed by atoms with Gasteiger partial charge < -0.3 is 15.8 Å². The maximum atomic E-state index is 13.2. The molecule has 0 radical (unpaired) electrons. The minimum atomic E-state index is -0.369. The van der Waals surface area contributed by atoms with Gasteiger partial charge in [0, 0.05) is 17.4 Å². The normalized spacial score (nSPS) is 10.4. The topological polar surface area (TPSA) is 77.2 Å². The summed E-state index contributed by atoms with van der Waals surface area (Å²) in [5.41, 5.74) is 8.34. The minimum absolute atomic E-state index is 0.200. The maximum Gasteiger partial charge on any atom is 0.259 e. The Hall–Kier alpha value is -3.41. The lowest BCUT2D eigenvalue weighted by molar-refractivity contribution is 0.102. The molecule has 1 heterocycles. The summed E-state index contributed by atoms with van der Waals surface area (Å²) < 4.78 is 18.8. The number of ether oxygens (including phenoxy) is 1. The van der Waals surface area contributed by atoms with Crippen LogP contribution < -0.4 is 15.8 Å². The number of nitrogen functional groups attached to an aromatic ring is 1. The minimum Gasteiger partial charge on any atom is -0.457 e. The molecule has 0 fully saturated rings. The summed E-state index contributed by atoms with van der Waals surface area (Å²) in [7, 11) is 0. The molecular formula is C20H18FN3O2. The molecule has 3 rings (SSSR count). The summed E-state index contributed by atoms with van der Waals surface area (Å²) in [6, 6.07) is 14.4. The van der Waals surface area contributed by atoms with Crippen LogP contribution in [0.25, 0.3) is 0 Å². The molecule has 3 N–H and O–H groups in total. The van der Waals surface area contributed by atoms with E-state index in [1.54, 1.807) is 42.5 Å². The van der Waals surface area contributed by atoms with Crippen molar-refractivity contribution in [2.24, 2.45) is 0 Å². The van der Waals surface area contributed by atoms with E-state index in [4.69, 9.17) is 10.5 Å². The largest absolute Gasteiger partial charge is 0.457 e. The van der Waals surface area contributed by atoms with Gasteiger partial charge in [-0.05, 0) is 61.9 Å². The number of benzene rings is 2. The van der Waals surface area contributed by atoms with Crippen LogP contribution in [0.2, 0.25) is 0 Å². The number of carbonyl (C=O) groups excluding carboxylic acids is 1.